The Morgan fingerprint density at radius 3 is 2.84 bits per heavy atom. The SMILES string of the molecule is O=C(O)C1CCC(Cc2nc3ncccc3[nH]2)CC1. The Kier molecular flexibility index (Phi) is 3.19. The molecule has 0 aromatic carbocycles. The molecule has 0 atom stereocenters. The maximum Gasteiger partial charge on any atom is 0.306 e. The lowest BCUT2D eigenvalue weighted by atomic mass is 9.80. The molecule has 0 saturated heterocycles. The molecule has 5 nitrogen and oxygen atoms in total. The molecule has 2 aromatic heterocycles. The summed E-state index contributed by atoms with van der Waals surface area (Å²) in [5.41, 5.74) is 1.73. The second-order valence-electron chi connectivity index (χ2n) is 5.32. The minimum atomic E-state index is -0.647. The van der Waals surface area contributed by atoms with Crippen LogP contribution in [-0.2, 0) is 11.2 Å². The maximum absolute atomic E-state index is 10.9. The minimum absolute atomic E-state index is 0.145. The fraction of sp³-hybridized carbons (Fsp3) is 0.500. The van der Waals surface area contributed by atoms with E-state index in [1.165, 1.54) is 0 Å². The number of aromatic amines is 1. The van der Waals surface area contributed by atoms with Crippen molar-refractivity contribution in [3.8, 4) is 0 Å². The molecule has 0 aliphatic heterocycles. The molecule has 0 unspecified atom stereocenters. The Morgan fingerprint density at radius 1 is 1.37 bits per heavy atom. The van der Waals surface area contributed by atoms with Crippen molar-refractivity contribution in [2.45, 2.75) is 32.1 Å². The number of pyridine rings is 1. The van der Waals surface area contributed by atoms with E-state index in [0.717, 1.165) is 49.1 Å². The van der Waals surface area contributed by atoms with Crippen molar-refractivity contribution in [1.82, 2.24) is 15.0 Å². The number of hydrogen-bond donors (Lipinski definition) is 2. The van der Waals surface area contributed by atoms with Crippen molar-refractivity contribution in [3.05, 3.63) is 24.2 Å². The number of carboxylic acids is 1. The number of aromatic nitrogens is 3. The highest BCUT2D eigenvalue weighted by molar-refractivity contribution is 5.70. The highest BCUT2D eigenvalue weighted by Gasteiger charge is 2.26. The molecule has 2 aromatic rings. The van der Waals surface area contributed by atoms with Crippen molar-refractivity contribution in [2.75, 3.05) is 0 Å². The molecule has 2 heterocycles. The summed E-state index contributed by atoms with van der Waals surface area (Å²) >= 11 is 0. The summed E-state index contributed by atoms with van der Waals surface area (Å²) in [6.45, 7) is 0. The average molecular weight is 259 g/mol. The molecule has 3 rings (SSSR count). The van der Waals surface area contributed by atoms with Gasteiger partial charge in [-0.3, -0.25) is 4.79 Å². The molecule has 19 heavy (non-hydrogen) atoms. The number of fused-ring (bicyclic) bond motifs is 1. The first-order valence-electron chi connectivity index (χ1n) is 6.75. The van der Waals surface area contributed by atoms with Gasteiger partial charge < -0.3 is 10.1 Å². The lowest BCUT2D eigenvalue weighted by Crippen LogP contribution is -2.22. The van der Waals surface area contributed by atoms with Crippen LogP contribution in [0.1, 0.15) is 31.5 Å². The van der Waals surface area contributed by atoms with Gasteiger partial charge in [0.25, 0.3) is 0 Å². The van der Waals surface area contributed by atoms with Crippen LogP contribution in [0.2, 0.25) is 0 Å². The van der Waals surface area contributed by atoms with Crippen molar-refractivity contribution in [1.29, 1.82) is 0 Å². The Hall–Kier alpha value is -1.91. The number of nitrogens with one attached hydrogen (secondary N) is 1. The van der Waals surface area contributed by atoms with E-state index < -0.39 is 5.97 Å². The number of carbonyl (C=O) groups is 1. The van der Waals surface area contributed by atoms with Gasteiger partial charge in [0.05, 0.1) is 11.4 Å². The highest BCUT2D eigenvalue weighted by atomic mass is 16.4. The van der Waals surface area contributed by atoms with Crippen LogP contribution in [0.25, 0.3) is 11.2 Å². The van der Waals surface area contributed by atoms with Crippen molar-refractivity contribution < 1.29 is 9.90 Å². The summed E-state index contributed by atoms with van der Waals surface area (Å²) in [4.78, 5) is 22.9. The van der Waals surface area contributed by atoms with Crippen LogP contribution in [-0.4, -0.2) is 26.0 Å². The first-order chi connectivity index (χ1) is 9.22. The van der Waals surface area contributed by atoms with Crippen molar-refractivity contribution in [3.63, 3.8) is 0 Å². The van der Waals surface area contributed by atoms with Crippen molar-refractivity contribution >= 4 is 17.1 Å². The standard InChI is InChI=1S/C14H17N3O2/c18-14(19)10-5-3-9(4-6-10)8-12-16-11-2-1-7-15-13(11)17-12/h1-2,7,9-10H,3-6,8H2,(H,18,19)(H,15,16,17). The Labute approximate surface area is 111 Å². The number of nitrogens with zero attached hydrogens (tertiary/aromatic N) is 2. The monoisotopic (exact) mass is 259 g/mol. The Morgan fingerprint density at radius 2 is 2.16 bits per heavy atom. The molecule has 1 saturated carbocycles. The lowest BCUT2D eigenvalue weighted by Gasteiger charge is -2.25. The second-order valence-corrected chi connectivity index (χ2v) is 5.32. The van der Waals surface area contributed by atoms with Gasteiger partial charge in [-0.1, -0.05) is 0 Å². The van der Waals surface area contributed by atoms with E-state index in [0.29, 0.717) is 5.92 Å². The van der Waals surface area contributed by atoms with E-state index in [2.05, 4.69) is 15.0 Å². The number of aliphatic carboxylic acids is 1. The van der Waals surface area contributed by atoms with E-state index in [1.807, 2.05) is 12.1 Å². The Balaban J connectivity index is 1.64. The summed E-state index contributed by atoms with van der Waals surface area (Å²) in [7, 11) is 0. The van der Waals surface area contributed by atoms with Crippen LogP contribution in [0.5, 0.6) is 0 Å². The smallest absolute Gasteiger partial charge is 0.306 e. The first-order valence-corrected chi connectivity index (χ1v) is 6.75. The largest absolute Gasteiger partial charge is 0.481 e. The van der Waals surface area contributed by atoms with E-state index in [4.69, 9.17) is 5.11 Å². The molecule has 1 aliphatic rings. The average Bonchev–Trinajstić information content (AvgIpc) is 2.81. The predicted molar refractivity (Wildman–Crippen MR) is 70.7 cm³/mol. The molecule has 1 aliphatic carbocycles. The third-order valence-corrected chi connectivity index (χ3v) is 3.98. The Bertz CT molecular complexity index is 552. The van der Waals surface area contributed by atoms with Gasteiger partial charge in [0.2, 0.25) is 0 Å². The quantitative estimate of drug-likeness (QED) is 0.887. The van der Waals surface area contributed by atoms with Crippen LogP contribution in [0.15, 0.2) is 18.3 Å². The highest BCUT2D eigenvalue weighted by Crippen LogP contribution is 2.30. The molecule has 0 radical (unpaired) electrons. The zero-order valence-corrected chi connectivity index (χ0v) is 10.7. The molecular weight excluding hydrogens is 242 g/mol. The van der Waals surface area contributed by atoms with Gasteiger partial charge in [-0.25, -0.2) is 9.97 Å². The van der Waals surface area contributed by atoms with Crippen LogP contribution in [0, 0.1) is 11.8 Å². The molecular formula is C14H17N3O2. The topological polar surface area (TPSA) is 78.9 Å². The van der Waals surface area contributed by atoms with Crippen LogP contribution in [0.3, 0.4) is 0 Å². The molecule has 0 spiro atoms. The number of imidazole rings is 1. The van der Waals surface area contributed by atoms with Gasteiger partial charge in [-0.15, -0.1) is 0 Å². The molecule has 0 bridgehead atoms. The second kappa shape index (κ2) is 4.99. The fourth-order valence-corrected chi connectivity index (χ4v) is 2.88. The third kappa shape index (κ3) is 2.59. The fourth-order valence-electron chi connectivity index (χ4n) is 2.88. The summed E-state index contributed by atoms with van der Waals surface area (Å²) in [5, 5.41) is 8.98. The molecule has 100 valence electrons. The molecule has 1 fully saturated rings. The number of H-pyrrole nitrogens is 1. The van der Waals surface area contributed by atoms with Crippen LogP contribution < -0.4 is 0 Å². The first kappa shape index (κ1) is 12.1. The summed E-state index contributed by atoms with van der Waals surface area (Å²) in [6.07, 6.45) is 6.16. The molecule has 2 N–H and O–H groups in total. The summed E-state index contributed by atoms with van der Waals surface area (Å²) in [6, 6.07) is 3.86. The number of rotatable bonds is 3. The van der Waals surface area contributed by atoms with Gasteiger partial charge in [-0.05, 0) is 43.7 Å². The normalized spacial score (nSPS) is 23.6. The minimum Gasteiger partial charge on any atom is -0.481 e. The van der Waals surface area contributed by atoms with E-state index in [-0.39, 0.29) is 5.92 Å². The lowest BCUT2D eigenvalue weighted by molar-refractivity contribution is -0.143. The van der Waals surface area contributed by atoms with Gasteiger partial charge in [-0.2, -0.15) is 0 Å². The van der Waals surface area contributed by atoms with Gasteiger partial charge >= 0.3 is 5.97 Å². The van der Waals surface area contributed by atoms with Gasteiger partial charge in [0, 0.05) is 12.6 Å². The third-order valence-electron chi connectivity index (χ3n) is 3.98. The van der Waals surface area contributed by atoms with Gasteiger partial charge in [0.15, 0.2) is 5.65 Å². The number of hydrogen-bond acceptors (Lipinski definition) is 3. The summed E-state index contributed by atoms with van der Waals surface area (Å²) < 4.78 is 0. The zero-order chi connectivity index (χ0) is 13.2. The van der Waals surface area contributed by atoms with E-state index in [1.54, 1.807) is 6.20 Å². The number of carboxylic acid groups (broad SMARTS) is 1. The van der Waals surface area contributed by atoms with E-state index in [9.17, 15) is 4.79 Å². The summed E-state index contributed by atoms with van der Waals surface area (Å²) in [5.74, 6) is 0.712. The molecule has 5 heteroatoms. The molecule has 0 amide bonds. The van der Waals surface area contributed by atoms with E-state index >= 15 is 0 Å². The van der Waals surface area contributed by atoms with Crippen LogP contribution >= 0.6 is 0 Å². The van der Waals surface area contributed by atoms with Crippen molar-refractivity contribution in [2.24, 2.45) is 11.8 Å². The predicted octanol–water partition coefficient (Wildman–Crippen LogP) is 2.39. The maximum atomic E-state index is 10.9. The van der Waals surface area contributed by atoms with Gasteiger partial charge in [0.1, 0.15) is 5.82 Å². The van der Waals surface area contributed by atoms with Crippen LogP contribution in [0.4, 0.5) is 0 Å². The zero-order valence-electron chi connectivity index (χ0n) is 10.7.